The molecule has 0 aromatic rings. The van der Waals surface area contributed by atoms with Gasteiger partial charge in [0.05, 0.1) is 19.8 Å². The van der Waals surface area contributed by atoms with Crippen molar-refractivity contribution in [3.8, 4) is 0 Å². The molecular formula is C12H22N2O4. The Kier molecular flexibility index (Phi) is 6.85. The van der Waals surface area contributed by atoms with Crippen molar-refractivity contribution in [3.63, 3.8) is 0 Å². The molecule has 1 saturated heterocycles. The summed E-state index contributed by atoms with van der Waals surface area (Å²) in [7, 11) is 0. The van der Waals surface area contributed by atoms with Gasteiger partial charge in [0.15, 0.2) is 0 Å². The van der Waals surface area contributed by atoms with Gasteiger partial charge in [0.25, 0.3) is 0 Å². The van der Waals surface area contributed by atoms with Gasteiger partial charge in [-0.15, -0.1) is 0 Å². The van der Waals surface area contributed by atoms with Crippen LogP contribution in [0.4, 0.5) is 0 Å². The van der Waals surface area contributed by atoms with Crippen LogP contribution in [-0.2, 0) is 14.3 Å². The largest absolute Gasteiger partial charge is 0.394 e. The second-order valence-electron chi connectivity index (χ2n) is 4.21. The molecule has 1 fully saturated rings. The van der Waals surface area contributed by atoms with Crippen molar-refractivity contribution < 1.29 is 19.4 Å². The molecule has 104 valence electrons. The van der Waals surface area contributed by atoms with Crippen molar-refractivity contribution in [2.24, 2.45) is 0 Å². The Balaban J connectivity index is 2.22. The van der Waals surface area contributed by atoms with Gasteiger partial charge in [-0.05, 0) is 6.54 Å². The number of hydrogen-bond donors (Lipinski definition) is 1. The SMILES string of the molecule is CCN(CCOCCO)CCN1C(=O)CCC1=O. The fraction of sp³-hybridized carbons (Fsp3) is 0.833. The number of likely N-dealkylation sites (N-methyl/N-ethyl adjacent to an activating group) is 1. The van der Waals surface area contributed by atoms with Crippen LogP contribution in [0.5, 0.6) is 0 Å². The van der Waals surface area contributed by atoms with E-state index >= 15 is 0 Å². The number of hydrogen-bond acceptors (Lipinski definition) is 5. The van der Waals surface area contributed by atoms with Crippen molar-refractivity contribution in [1.82, 2.24) is 9.80 Å². The van der Waals surface area contributed by atoms with E-state index in [9.17, 15) is 9.59 Å². The minimum atomic E-state index is -0.0624. The first-order valence-electron chi connectivity index (χ1n) is 6.43. The number of carbonyl (C=O) groups is 2. The highest BCUT2D eigenvalue weighted by Gasteiger charge is 2.28. The number of imide groups is 1. The molecule has 1 N–H and O–H groups in total. The molecule has 0 bridgehead atoms. The zero-order valence-corrected chi connectivity index (χ0v) is 10.9. The molecule has 0 radical (unpaired) electrons. The van der Waals surface area contributed by atoms with Crippen LogP contribution >= 0.6 is 0 Å². The summed E-state index contributed by atoms with van der Waals surface area (Å²) < 4.78 is 5.19. The highest BCUT2D eigenvalue weighted by atomic mass is 16.5. The minimum absolute atomic E-state index is 0.0307. The number of ether oxygens (including phenoxy) is 1. The van der Waals surface area contributed by atoms with Crippen molar-refractivity contribution in [2.45, 2.75) is 19.8 Å². The Bertz CT molecular complexity index is 267. The maximum Gasteiger partial charge on any atom is 0.229 e. The van der Waals surface area contributed by atoms with Crippen LogP contribution in [0, 0.1) is 0 Å². The maximum absolute atomic E-state index is 11.4. The smallest absolute Gasteiger partial charge is 0.229 e. The lowest BCUT2D eigenvalue weighted by molar-refractivity contribution is -0.138. The summed E-state index contributed by atoms with van der Waals surface area (Å²) in [5.74, 6) is -0.125. The Morgan fingerprint density at radius 1 is 1.22 bits per heavy atom. The van der Waals surface area contributed by atoms with E-state index in [0.717, 1.165) is 13.1 Å². The van der Waals surface area contributed by atoms with Crippen LogP contribution in [0.25, 0.3) is 0 Å². The van der Waals surface area contributed by atoms with Gasteiger partial charge in [-0.25, -0.2) is 0 Å². The third kappa shape index (κ3) is 4.72. The lowest BCUT2D eigenvalue weighted by Gasteiger charge is -2.23. The molecular weight excluding hydrogens is 236 g/mol. The highest BCUT2D eigenvalue weighted by molar-refractivity contribution is 6.01. The molecule has 0 spiro atoms. The molecule has 6 nitrogen and oxygen atoms in total. The van der Waals surface area contributed by atoms with E-state index in [4.69, 9.17) is 9.84 Å². The van der Waals surface area contributed by atoms with Crippen LogP contribution in [0.2, 0.25) is 0 Å². The fourth-order valence-electron chi connectivity index (χ4n) is 1.90. The number of aliphatic hydroxyl groups excluding tert-OH is 1. The molecule has 1 heterocycles. The van der Waals surface area contributed by atoms with Gasteiger partial charge < -0.3 is 9.84 Å². The molecule has 1 aliphatic rings. The van der Waals surface area contributed by atoms with Crippen molar-refractivity contribution in [3.05, 3.63) is 0 Å². The van der Waals surface area contributed by atoms with Crippen molar-refractivity contribution in [2.75, 3.05) is 46.0 Å². The molecule has 18 heavy (non-hydrogen) atoms. The second-order valence-corrected chi connectivity index (χ2v) is 4.21. The van der Waals surface area contributed by atoms with Crippen LogP contribution < -0.4 is 0 Å². The average Bonchev–Trinajstić information content (AvgIpc) is 2.69. The normalized spacial score (nSPS) is 16.1. The van der Waals surface area contributed by atoms with E-state index in [-0.39, 0.29) is 18.4 Å². The zero-order valence-electron chi connectivity index (χ0n) is 10.9. The Labute approximate surface area is 107 Å². The maximum atomic E-state index is 11.4. The van der Waals surface area contributed by atoms with E-state index in [1.807, 2.05) is 6.92 Å². The summed E-state index contributed by atoms with van der Waals surface area (Å²) in [5.41, 5.74) is 0. The van der Waals surface area contributed by atoms with E-state index in [2.05, 4.69) is 4.90 Å². The number of nitrogens with zero attached hydrogens (tertiary/aromatic N) is 2. The van der Waals surface area contributed by atoms with E-state index in [1.165, 1.54) is 4.90 Å². The molecule has 0 aliphatic carbocycles. The third-order valence-electron chi connectivity index (χ3n) is 3.03. The van der Waals surface area contributed by atoms with Gasteiger partial charge in [0.2, 0.25) is 11.8 Å². The first-order valence-corrected chi connectivity index (χ1v) is 6.43. The molecule has 0 saturated carbocycles. The number of amides is 2. The standard InChI is InChI=1S/C12H22N2O4/c1-2-13(7-9-18-10-8-15)5-6-14-11(16)3-4-12(14)17/h15H,2-10H2,1H3. The first kappa shape index (κ1) is 15.1. The first-order chi connectivity index (χ1) is 8.69. The highest BCUT2D eigenvalue weighted by Crippen LogP contribution is 2.11. The van der Waals surface area contributed by atoms with Crippen molar-refractivity contribution in [1.29, 1.82) is 0 Å². The fourth-order valence-corrected chi connectivity index (χ4v) is 1.90. The molecule has 0 aromatic carbocycles. The molecule has 2 amide bonds. The molecule has 1 rings (SSSR count). The summed E-state index contributed by atoms with van der Waals surface area (Å²) in [6, 6.07) is 0. The Morgan fingerprint density at radius 3 is 2.44 bits per heavy atom. The van der Waals surface area contributed by atoms with Gasteiger partial charge in [-0.3, -0.25) is 19.4 Å². The predicted molar refractivity (Wildman–Crippen MR) is 66.0 cm³/mol. The van der Waals surface area contributed by atoms with Gasteiger partial charge >= 0.3 is 0 Å². The minimum Gasteiger partial charge on any atom is -0.394 e. The summed E-state index contributed by atoms with van der Waals surface area (Å²) in [5, 5.41) is 8.57. The Morgan fingerprint density at radius 2 is 1.89 bits per heavy atom. The lowest BCUT2D eigenvalue weighted by atomic mass is 10.4. The van der Waals surface area contributed by atoms with Crippen LogP contribution in [-0.4, -0.2) is 72.7 Å². The number of likely N-dealkylation sites (tertiary alicyclic amines) is 1. The monoisotopic (exact) mass is 258 g/mol. The van der Waals surface area contributed by atoms with Gasteiger partial charge in [-0.2, -0.15) is 0 Å². The van der Waals surface area contributed by atoms with Gasteiger partial charge in [0, 0.05) is 32.5 Å². The number of rotatable bonds is 9. The summed E-state index contributed by atoms with van der Waals surface area (Å²) in [6.07, 6.45) is 0.704. The van der Waals surface area contributed by atoms with E-state index in [1.54, 1.807) is 0 Å². The van der Waals surface area contributed by atoms with Gasteiger partial charge in [-0.1, -0.05) is 6.92 Å². The van der Waals surface area contributed by atoms with Gasteiger partial charge in [0.1, 0.15) is 0 Å². The topological polar surface area (TPSA) is 70.1 Å². The van der Waals surface area contributed by atoms with Crippen LogP contribution in [0.3, 0.4) is 0 Å². The molecule has 0 unspecified atom stereocenters. The summed E-state index contributed by atoms with van der Waals surface area (Å²) in [6.45, 7) is 5.69. The van der Waals surface area contributed by atoms with Crippen molar-refractivity contribution >= 4 is 11.8 Å². The van der Waals surface area contributed by atoms with Crippen LogP contribution in [0.1, 0.15) is 19.8 Å². The average molecular weight is 258 g/mol. The quantitative estimate of drug-likeness (QED) is 0.444. The molecule has 1 aliphatic heterocycles. The van der Waals surface area contributed by atoms with Crippen LogP contribution in [0.15, 0.2) is 0 Å². The van der Waals surface area contributed by atoms with E-state index in [0.29, 0.717) is 39.1 Å². The second kappa shape index (κ2) is 8.18. The molecule has 0 aromatic heterocycles. The number of carbonyl (C=O) groups excluding carboxylic acids is 2. The summed E-state index contributed by atoms with van der Waals surface area (Å²) >= 11 is 0. The predicted octanol–water partition coefficient (Wildman–Crippen LogP) is -0.534. The zero-order chi connectivity index (χ0) is 13.4. The number of aliphatic hydroxyl groups is 1. The third-order valence-corrected chi connectivity index (χ3v) is 3.03. The molecule has 0 atom stereocenters. The lowest BCUT2D eigenvalue weighted by Crippen LogP contribution is -2.39. The molecule has 6 heteroatoms. The summed E-state index contributed by atoms with van der Waals surface area (Å²) in [4.78, 5) is 26.3. The van der Waals surface area contributed by atoms with E-state index < -0.39 is 0 Å². The Hall–Kier alpha value is -0.980.